The number of rotatable bonds is 17. The third-order valence-electron chi connectivity index (χ3n) is 8.76. The van der Waals surface area contributed by atoms with Crippen molar-refractivity contribution < 1.29 is 48.5 Å². The van der Waals surface area contributed by atoms with Crippen molar-refractivity contribution in [3.8, 4) is 17.2 Å². The fraction of sp³-hybridized carbons (Fsp3) is 0.250. The highest BCUT2D eigenvalue weighted by atomic mass is 16.7. The summed E-state index contributed by atoms with van der Waals surface area (Å²) in [5.74, 6) is 1.10. The predicted molar refractivity (Wildman–Crippen MR) is 202 cm³/mol. The second kappa shape index (κ2) is 19.5. The Morgan fingerprint density at radius 3 is 1.80 bits per heavy atom. The number of hydrogen-bond acceptors (Lipinski definition) is 10. The Hall–Kier alpha value is -5.49. The third kappa shape index (κ3) is 11.3. The monoisotopic (exact) mass is 732 g/mol. The minimum atomic E-state index is -1.57. The van der Waals surface area contributed by atoms with E-state index in [9.17, 15) is 20.1 Å². The molecule has 0 aliphatic carbocycles. The van der Waals surface area contributed by atoms with Gasteiger partial charge in [0.2, 0.25) is 0 Å². The van der Waals surface area contributed by atoms with Crippen LogP contribution in [0.3, 0.4) is 0 Å². The molecular weight excluding hydrogens is 688 g/mol. The first-order chi connectivity index (χ1) is 26.4. The van der Waals surface area contributed by atoms with Gasteiger partial charge in [-0.05, 0) is 64.6 Å². The molecule has 1 saturated heterocycles. The first-order valence-corrected chi connectivity index (χ1v) is 17.8. The maximum Gasteiger partial charge on any atom is 0.330 e. The minimum absolute atomic E-state index is 0.164. The van der Waals surface area contributed by atoms with Gasteiger partial charge >= 0.3 is 5.97 Å². The van der Waals surface area contributed by atoms with Gasteiger partial charge < -0.3 is 43.7 Å². The first-order valence-electron chi connectivity index (χ1n) is 17.8. The van der Waals surface area contributed by atoms with E-state index in [2.05, 4.69) is 0 Å². The summed E-state index contributed by atoms with van der Waals surface area (Å²) in [5.41, 5.74) is 4.71. The Morgan fingerprint density at radius 1 is 0.611 bits per heavy atom. The summed E-state index contributed by atoms with van der Waals surface area (Å²) in [4.78, 5) is 12.7. The highest BCUT2D eigenvalue weighted by Crippen LogP contribution is 2.31. The van der Waals surface area contributed by atoms with E-state index in [1.54, 1.807) is 24.3 Å². The summed E-state index contributed by atoms with van der Waals surface area (Å²) < 4.78 is 34.9. The molecule has 5 aromatic rings. The first kappa shape index (κ1) is 38.2. The van der Waals surface area contributed by atoms with Crippen molar-refractivity contribution in [2.24, 2.45) is 0 Å². The van der Waals surface area contributed by atoms with Crippen LogP contribution >= 0.6 is 0 Å². The van der Waals surface area contributed by atoms with Crippen LogP contribution in [0, 0.1) is 0 Å². The van der Waals surface area contributed by atoms with Crippen LogP contribution in [0.5, 0.6) is 17.2 Å². The second-order valence-electron chi connectivity index (χ2n) is 12.8. The molecule has 5 aromatic carbocycles. The molecule has 6 rings (SSSR count). The van der Waals surface area contributed by atoms with E-state index in [0.717, 1.165) is 28.0 Å². The van der Waals surface area contributed by atoms with Crippen molar-refractivity contribution in [1.82, 2.24) is 0 Å². The van der Waals surface area contributed by atoms with E-state index in [4.69, 9.17) is 28.4 Å². The fourth-order valence-electron chi connectivity index (χ4n) is 5.69. The molecule has 3 N–H and O–H groups in total. The molecule has 0 radical (unpaired) electrons. The van der Waals surface area contributed by atoms with E-state index in [0.29, 0.717) is 43.3 Å². The van der Waals surface area contributed by atoms with E-state index in [1.807, 2.05) is 115 Å². The Kier molecular flexibility index (Phi) is 13.8. The summed E-state index contributed by atoms with van der Waals surface area (Å²) in [6.45, 7) is 0.931. The van der Waals surface area contributed by atoms with Crippen molar-refractivity contribution in [2.75, 3.05) is 13.2 Å². The van der Waals surface area contributed by atoms with Gasteiger partial charge in [-0.2, -0.15) is 0 Å². The third-order valence-corrected chi connectivity index (χ3v) is 8.76. The lowest BCUT2D eigenvalue weighted by atomic mass is 9.99. The van der Waals surface area contributed by atoms with Crippen LogP contribution in [0.1, 0.15) is 27.8 Å². The van der Waals surface area contributed by atoms with Gasteiger partial charge in [-0.25, -0.2) is 4.79 Å². The van der Waals surface area contributed by atoms with Gasteiger partial charge in [-0.3, -0.25) is 0 Å². The Bertz CT molecular complexity index is 1900. The number of esters is 1. The maximum atomic E-state index is 12.7. The standard InChI is InChI=1S/C44H44O10/c45-40(23-19-32-18-22-37(51-28-34-12-6-2-7-13-34)38(26-32)52-29-35-14-8-3-9-15-35)53-30-39-41(46)42(47)43(48)44(54-39)49-25-24-31-16-20-36(21-17-31)50-27-33-10-4-1-5-11-33/h1-23,26,39,41-44,46-48H,24-25,27-30H2/b23-19+. The van der Waals surface area contributed by atoms with E-state index >= 15 is 0 Å². The molecule has 1 aliphatic heterocycles. The quantitative estimate of drug-likeness (QED) is 0.0767. The predicted octanol–water partition coefficient (Wildman–Crippen LogP) is 6.05. The topological polar surface area (TPSA) is 133 Å². The van der Waals surface area contributed by atoms with Crippen LogP contribution in [0.2, 0.25) is 0 Å². The maximum absolute atomic E-state index is 12.7. The molecule has 1 aliphatic rings. The number of ether oxygens (including phenoxy) is 6. The molecule has 5 atom stereocenters. The molecule has 280 valence electrons. The summed E-state index contributed by atoms with van der Waals surface area (Å²) >= 11 is 0. The molecule has 1 fully saturated rings. The van der Waals surface area contributed by atoms with Crippen molar-refractivity contribution in [3.63, 3.8) is 0 Å². The molecule has 0 saturated carbocycles. The zero-order valence-corrected chi connectivity index (χ0v) is 29.7. The number of benzene rings is 5. The molecule has 5 unspecified atom stereocenters. The van der Waals surface area contributed by atoms with Gasteiger partial charge in [0.1, 0.15) is 56.6 Å². The van der Waals surface area contributed by atoms with Crippen LogP contribution in [-0.2, 0) is 45.2 Å². The average molecular weight is 733 g/mol. The van der Waals surface area contributed by atoms with Crippen molar-refractivity contribution >= 4 is 12.0 Å². The SMILES string of the molecule is O=C(/C=C/c1ccc(OCc2ccccc2)c(OCc2ccccc2)c1)OCC1OC(OCCc2ccc(OCc3ccccc3)cc2)C(O)C(O)C1O. The zero-order valence-electron chi connectivity index (χ0n) is 29.7. The van der Waals surface area contributed by atoms with E-state index < -0.39 is 36.7 Å². The number of hydrogen-bond donors (Lipinski definition) is 3. The normalized spacial score (nSPS) is 19.6. The number of aliphatic hydroxyl groups is 3. The highest BCUT2D eigenvalue weighted by Gasteiger charge is 2.44. The molecule has 1 heterocycles. The van der Waals surface area contributed by atoms with Gasteiger partial charge in [0.25, 0.3) is 0 Å². The Labute approximate surface area is 314 Å². The molecular formula is C44H44O10. The average Bonchev–Trinajstić information content (AvgIpc) is 3.22. The smallest absolute Gasteiger partial charge is 0.330 e. The van der Waals surface area contributed by atoms with Crippen molar-refractivity contribution in [3.05, 3.63) is 167 Å². The molecule has 0 bridgehead atoms. The molecule has 0 amide bonds. The van der Waals surface area contributed by atoms with Crippen LogP contribution in [0.4, 0.5) is 0 Å². The van der Waals surface area contributed by atoms with Crippen LogP contribution in [-0.4, -0.2) is 65.2 Å². The Morgan fingerprint density at radius 2 is 1.19 bits per heavy atom. The molecule has 0 spiro atoms. The van der Waals surface area contributed by atoms with Gasteiger partial charge in [0.15, 0.2) is 17.8 Å². The summed E-state index contributed by atoms with van der Waals surface area (Å²) in [5, 5.41) is 31.6. The number of aliphatic hydroxyl groups excluding tert-OH is 3. The summed E-state index contributed by atoms with van der Waals surface area (Å²) in [6, 6.07) is 42.4. The van der Waals surface area contributed by atoms with E-state index in [1.165, 1.54) is 6.08 Å². The van der Waals surface area contributed by atoms with Gasteiger partial charge in [-0.15, -0.1) is 0 Å². The Balaban J connectivity index is 0.989. The highest BCUT2D eigenvalue weighted by molar-refractivity contribution is 5.87. The van der Waals surface area contributed by atoms with Crippen molar-refractivity contribution in [1.29, 1.82) is 0 Å². The lowest BCUT2D eigenvalue weighted by Gasteiger charge is -2.39. The number of carbonyl (C=O) groups is 1. The van der Waals surface area contributed by atoms with Gasteiger partial charge in [-0.1, -0.05) is 109 Å². The van der Waals surface area contributed by atoms with Gasteiger partial charge in [0, 0.05) is 6.08 Å². The molecule has 10 nitrogen and oxygen atoms in total. The molecule has 0 aromatic heterocycles. The largest absolute Gasteiger partial charge is 0.489 e. The molecule has 54 heavy (non-hydrogen) atoms. The van der Waals surface area contributed by atoms with Crippen LogP contribution < -0.4 is 14.2 Å². The number of carbonyl (C=O) groups excluding carboxylic acids is 1. The zero-order chi connectivity index (χ0) is 37.5. The fourth-order valence-corrected chi connectivity index (χ4v) is 5.69. The molecule has 10 heteroatoms. The summed E-state index contributed by atoms with van der Waals surface area (Å²) in [7, 11) is 0. The lowest BCUT2D eigenvalue weighted by Crippen LogP contribution is -2.59. The van der Waals surface area contributed by atoms with E-state index in [-0.39, 0.29) is 13.2 Å². The van der Waals surface area contributed by atoms with Crippen LogP contribution in [0.25, 0.3) is 6.08 Å². The summed E-state index contributed by atoms with van der Waals surface area (Å²) in [6.07, 6.45) is -3.64. The van der Waals surface area contributed by atoms with Crippen molar-refractivity contribution in [2.45, 2.75) is 56.9 Å². The lowest BCUT2D eigenvalue weighted by molar-refractivity contribution is -0.301. The van der Waals surface area contributed by atoms with Crippen LogP contribution in [0.15, 0.2) is 140 Å². The van der Waals surface area contributed by atoms with Gasteiger partial charge in [0.05, 0.1) is 6.61 Å². The second-order valence-corrected chi connectivity index (χ2v) is 12.8. The minimum Gasteiger partial charge on any atom is -0.489 e.